The Balaban J connectivity index is 3.42. The van der Waals surface area contributed by atoms with Crippen LogP contribution in [0.25, 0.3) is 0 Å². The van der Waals surface area contributed by atoms with E-state index >= 15 is 0 Å². The van der Waals surface area contributed by atoms with Gasteiger partial charge in [-0.25, -0.2) is 0 Å². The summed E-state index contributed by atoms with van der Waals surface area (Å²) in [6, 6.07) is 0. The van der Waals surface area contributed by atoms with Gasteiger partial charge in [0, 0.05) is 41.0 Å². The van der Waals surface area contributed by atoms with Crippen LogP contribution >= 0.6 is 12.2 Å². The Morgan fingerprint density at radius 1 is 1.29 bits per heavy atom. The molecule has 0 fully saturated rings. The largest absolute Gasteiger partial charge is 0.385 e. The molecule has 0 radical (unpaired) electrons. The standard InChI is InChI=1S/C9H20N2O2S/c1-11(6-8-13-3)9(14)10-5-4-7-12-2/h4-8H2,1-3H3,(H,10,14). The van der Waals surface area contributed by atoms with Crippen molar-refractivity contribution in [3.05, 3.63) is 0 Å². The first-order valence-electron chi connectivity index (χ1n) is 4.69. The Kier molecular flexibility index (Phi) is 8.92. The van der Waals surface area contributed by atoms with E-state index in [4.69, 9.17) is 21.7 Å². The second-order valence-electron chi connectivity index (χ2n) is 2.99. The lowest BCUT2D eigenvalue weighted by atomic mass is 10.4. The zero-order valence-electron chi connectivity index (χ0n) is 9.21. The quantitative estimate of drug-likeness (QED) is 0.498. The fraction of sp³-hybridized carbons (Fsp3) is 0.889. The van der Waals surface area contributed by atoms with Gasteiger partial charge >= 0.3 is 0 Å². The molecule has 5 heteroatoms. The summed E-state index contributed by atoms with van der Waals surface area (Å²) >= 11 is 5.16. The molecule has 0 aliphatic rings. The minimum atomic E-state index is 0.691. The minimum Gasteiger partial charge on any atom is -0.385 e. The Morgan fingerprint density at radius 3 is 2.50 bits per heavy atom. The summed E-state index contributed by atoms with van der Waals surface area (Å²) in [6.45, 7) is 3.12. The molecule has 0 aliphatic carbocycles. The molecule has 0 aromatic carbocycles. The highest BCUT2D eigenvalue weighted by Gasteiger charge is 2.01. The third-order valence-corrected chi connectivity index (χ3v) is 2.23. The van der Waals surface area contributed by atoms with E-state index in [1.807, 2.05) is 11.9 Å². The smallest absolute Gasteiger partial charge is 0.168 e. The number of rotatable bonds is 7. The van der Waals surface area contributed by atoms with Crippen molar-refractivity contribution in [3.63, 3.8) is 0 Å². The predicted octanol–water partition coefficient (Wildman–Crippen LogP) is 0.476. The van der Waals surface area contributed by atoms with E-state index in [-0.39, 0.29) is 0 Å². The second-order valence-corrected chi connectivity index (χ2v) is 3.38. The average Bonchev–Trinajstić information content (AvgIpc) is 2.20. The number of likely N-dealkylation sites (N-methyl/N-ethyl adjacent to an activating group) is 1. The van der Waals surface area contributed by atoms with Gasteiger partial charge in [0.25, 0.3) is 0 Å². The number of methoxy groups -OCH3 is 2. The van der Waals surface area contributed by atoms with Crippen molar-refractivity contribution < 1.29 is 9.47 Å². The first-order valence-corrected chi connectivity index (χ1v) is 5.10. The summed E-state index contributed by atoms with van der Waals surface area (Å²) in [7, 11) is 5.33. The predicted molar refractivity (Wildman–Crippen MR) is 61.6 cm³/mol. The third kappa shape index (κ3) is 7.06. The molecule has 0 saturated heterocycles. The highest BCUT2D eigenvalue weighted by Crippen LogP contribution is 1.86. The van der Waals surface area contributed by atoms with Gasteiger partial charge in [0.1, 0.15) is 0 Å². The lowest BCUT2D eigenvalue weighted by Gasteiger charge is -2.20. The van der Waals surface area contributed by atoms with Crippen LogP contribution < -0.4 is 5.32 Å². The van der Waals surface area contributed by atoms with Crippen molar-refractivity contribution in [2.75, 3.05) is 47.6 Å². The third-order valence-electron chi connectivity index (χ3n) is 1.78. The van der Waals surface area contributed by atoms with Gasteiger partial charge in [-0.1, -0.05) is 0 Å². The average molecular weight is 220 g/mol. The molecule has 0 aromatic rings. The van der Waals surface area contributed by atoms with Gasteiger partial charge in [-0.05, 0) is 18.6 Å². The number of thiocarbonyl (C=S) groups is 1. The Hall–Kier alpha value is -0.390. The lowest BCUT2D eigenvalue weighted by molar-refractivity contribution is 0.182. The SMILES string of the molecule is COCCCNC(=S)N(C)CCOC. The molecule has 0 spiro atoms. The molecular formula is C9H20N2O2S. The van der Waals surface area contributed by atoms with Gasteiger partial charge in [-0.2, -0.15) is 0 Å². The molecule has 0 aliphatic heterocycles. The Morgan fingerprint density at radius 2 is 1.93 bits per heavy atom. The van der Waals surface area contributed by atoms with E-state index in [0.29, 0.717) is 6.61 Å². The van der Waals surface area contributed by atoms with Crippen LogP contribution in [0.2, 0.25) is 0 Å². The van der Waals surface area contributed by atoms with Crippen LogP contribution in [0, 0.1) is 0 Å². The first-order chi connectivity index (χ1) is 6.72. The number of ether oxygens (including phenoxy) is 2. The lowest BCUT2D eigenvalue weighted by Crippen LogP contribution is -2.39. The van der Waals surface area contributed by atoms with Crippen LogP contribution in [-0.4, -0.2) is 57.6 Å². The molecule has 0 atom stereocenters. The van der Waals surface area contributed by atoms with E-state index in [1.54, 1.807) is 14.2 Å². The van der Waals surface area contributed by atoms with Crippen molar-refractivity contribution in [2.24, 2.45) is 0 Å². The molecule has 0 aromatic heterocycles. The Bertz CT molecular complexity index is 156. The molecule has 84 valence electrons. The molecule has 0 rings (SSSR count). The summed E-state index contributed by atoms with van der Waals surface area (Å²) in [6.07, 6.45) is 0.967. The summed E-state index contributed by atoms with van der Waals surface area (Å²) in [4.78, 5) is 1.96. The first kappa shape index (κ1) is 13.6. The molecule has 4 nitrogen and oxygen atoms in total. The zero-order chi connectivity index (χ0) is 10.8. The van der Waals surface area contributed by atoms with Gasteiger partial charge < -0.3 is 19.7 Å². The van der Waals surface area contributed by atoms with Crippen LogP contribution in [-0.2, 0) is 9.47 Å². The molecule has 0 heterocycles. The van der Waals surface area contributed by atoms with E-state index in [1.165, 1.54) is 0 Å². The van der Waals surface area contributed by atoms with E-state index in [0.717, 1.165) is 31.2 Å². The van der Waals surface area contributed by atoms with Crippen molar-refractivity contribution in [1.29, 1.82) is 0 Å². The van der Waals surface area contributed by atoms with Crippen LogP contribution in [0.3, 0.4) is 0 Å². The molecule has 0 unspecified atom stereocenters. The number of hydrogen-bond acceptors (Lipinski definition) is 3. The van der Waals surface area contributed by atoms with Gasteiger partial charge in [0.05, 0.1) is 6.61 Å². The molecule has 14 heavy (non-hydrogen) atoms. The van der Waals surface area contributed by atoms with Crippen LogP contribution in [0.1, 0.15) is 6.42 Å². The molecule has 0 bridgehead atoms. The molecule has 1 N–H and O–H groups in total. The monoisotopic (exact) mass is 220 g/mol. The van der Waals surface area contributed by atoms with E-state index < -0.39 is 0 Å². The fourth-order valence-electron chi connectivity index (χ4n) is 0.877. The van der Waals surface area contributed by atoms with Gasteiger partial charge in [-0.3, -0.25) is 0 Å². The van der Waals surface area contributed by atoms with Crippen LogP contribution in [0.15, 0.2) is 0 Å². The minimum absolute atomic E-state index is 0.691. The van der Waals surface area contributed by atoms with Crippen LogP contribution in [0.4, 0.5) is 0 Å². The van der Waals surface area contributed by atoms with Gasteiger partial charge in [0.15, 0.2) is 5.11 Å². The summed E-state index contributed by atoms with van der Waals surface area (Å²) in [5.74, 6) is 0. The fourth-order valence-corrected chi connectivity index (χ4v) is 1.07. The summed E-state index contributed by atoms with van der Waals surface area (Å²) < 4.78 is 9.89. The van der Waals surface area contributed by atoms with E-state index in [2.05, 4.69) is 5.32 Å². The van der Waals surface area contributed by atoms with Crippen molar-refractivity contribution in [3.8, 4) is 0 Å². The normalized spacial score (nSPS) is 9.93. The van der Waals surface area contributed by atoms with Crippen molar-refractivity contribution >= 4 is 17.3 Å². The maximum absolute atomic E-state index is 5.16. The van der Waals surface area contributed by atoms with E-state index in [9.17, 15) is 0 Å². The maximum atomic E-state index is 5.16. The number of nitrogens with zero attached hydrogens (tertiary/aromatic N) is 1. The number of nitrogens with one attached hydrogen (secondary N) is 1. The zero-order valence-corrected chi connectivity index (χ0v) is 10.0. The molecule has 0 amide bonds. The van der Waals surface area contributed by atoms with Gasteiger partial charge in [-0.15, -0.1) is 0 Å². The summed E-state index contributed by atoms with van der Waals surface area (Å²) in [5.41, 5.74) is 0. The Labute approximate surface area is 91.6 Å². The number of hydrogen-bond donors (Lipinski definition) is 1. The highest BCUT2D eigenvalue weighted by atomic mass is 32.1. The summed E-state index contributed by atoms with van der Waals surface area (Å²) in [5, 5.41) is 3.91. The van der Waals surface area contributed by atoms with Crippen molar-refractivity contribution in [1.82, 2.24) is 10.2 Å². The van der Waals surface area contributed by atoms with Crippen LogP contribution in [0.5, 0.6) is 0 Å². The molecule has 0 saturated carbocycles. The van der Waals surface area contributed by atoms with Crippen molar-refractivity contribution in [2.45, 2.75) is 6.42 Å². The second kappa shape index (κ2) is 9.18. The highest BCUT2D eigenvalue weighted by molar-refractivity contribution is 7.80. The van der Waals surface area contributed by atoms with Gasteiger partial charge in [0.2, 0.25) is 0 Å². The topological polar surface area (TPSA) is 33.7 Å². The maximum Gasteiger partial charge on any atom is 0.168 e. The molecular weight excluding hydrogens is 200 g/mol.